The highest BCUT2D eigenvalue weighted by atomic mass is 16.5. The smallest absolute Gasteiger partial charge is 0.339 e. The number of ether oxygens (including phenoxy) is 1. The molecule has 1 heterocycles. The summed E-state index contributed by atoms with van der Waals surface area (Å²) in [4.78, 5) is 15.3. The fourth-order valence-electron chi connectivity index (χ4n) is 1.63. The standard InChI is InChI=1S/C14H16N2O4/c1-8(2)13-15-12(16-20-13)7-19-11-6-9(3)4-5-10(11)14(17)18/h4-6,8H,7H2,1-3H3,(H,17,18). The molecular formula is C14H16N2O4. The van der Waals surface area contributed by atoms with E-state index in [1.807, 2.05) is 20.8 Å². The third kappa shape index (κ3) is 3.14. The van der Waals surface area contributed by atoms with Crippen molar-refractivity contribution in [3.63, 3.8) is 0 Å². The van der Waals surface area contributed by atoms with Gasteiger partial charge in [0.05, 0.1) is 0 Å². The number of benzene rings is 1. The highest BCUT2D eigenvalue weighted by Crippen LogP contribution is 2.21. The molecule has 0 radical (unpaired) electrons. The average Bonchev–Trinajstić information content (AvgIpc) is 2.85. The van der Waals surface area contributed by atoms with Crippen molar-refractivity contribution < 1.29 is 19.2 Å². The van der Waals surface area contributed by atoms with Gasteiger partial charge in [-0.25, -0.2) is 4.79 Å². The maximum Gasteiger partial charge on any atom is 0.339 e. The lowest BCUT2D eigenvalue weighted by Crippen LogP contribution is -2.04. The van der Waals surface area contributed by atoms with E-state index in [1.54, 1.807) is 12.1 Å². The van der Waals surface area contributed by atoms with Crippen molar-refractivity contribution >= 4 is 5.97 Å². The number of hydrogen-bond donors (Lipinski definition) is 1. The molecule has 0 aliphatic heterocycles. The van der Waals surface area contributed by atoms with Crippen molar-refractivity contribution in [3.05, 3.63) is 41.0 Å². The quantitative estimate of drug-likeness (QED) is 0.903. The predicted octanol–water partition coefficient (Wildman–Crippen LogP) is 2.78. The van der Waals surface area contributed by atoms with Crippen molar-refractivity contribution in [1.29, 1.82) is 0 Å². The van der Waals surface area contributed by atoms with Crippen LogP contribution in [0, 0.1) is 6.92 Å². The summed E-state index contributed by atoms with van der Waals surface area (Å²) in [5.41, 5.74) is 1.03. The lowest BCUT2D eigenvalue weighted by molar-refractivity contribution is 0.0691. The van der Waals surface area contributed by atoms with Gasteiger partial charge in [-0.05, 0) is 24.6 Å². The van der Waals surface area contributed by atoms with Crippen molar-refractivity contribution in [3.8, 4) is 5.75 Å². The van der Waals surface area contributed by atoms with Crippen LogP contribution in [0.3, 0.4) is 0 Å². The summed E-state index contributed by atoms with van der Waals surface area (Å²) in [6.45, 7) is 5.83. The van der Waals surface area contributed by atoms with Gasteiger partial charge in [-0.3, -0.25) is 0 Å². The van der Waals surface area contributed by atoms with E-state index in [1.165, 1.54) is 6.07 Å². The van der Waals surface area contributed by atoms with Crippen molar-refractivity contribution in [2.45, 2.75) is 33.3 Å². The molecule has 0 aliphatic carbocycles. The minimum atomic E-state index is -1.03. The first-order valence-electron chi connectivity index (χ1n) is 6.26. The highest BCUT2D eigenvalue weighted by molar-refractivity contribution is 5.90. The molecule has 0 fully saturated rings. The Kier molecular flexibility index (Phi) is 4.02. The second kappa shape index (κ2) is 5.73. The number of aromatic carboxylic acids is 1. The van der Waals surface area contributed by atoms with Gasteiger partial charge in [0.25, 0.3) is 0 Å². The molecule has 6 heteroatoms. The Hall–Kier alpha value is -2.37. The Labute approximate surface area is 116 Å². The van der Waals surface area contributed by atoms with E-state index >= 15 is 0 Å². The molecule has 2 rings (SSSR count). The van der Waals surface area contributed by atoms with Crippen LogP contribution in [-0.2, 0) is 6.61 Å². The zero-order valence-electron chi connectivity index (χ0n) is 11.6. The van der Waals surface area contributed by atoms with Gasteiger partial charge in [-0.1, -0.05) is 25.1 Å². The molecule has 106 valence electrons. The number of nitrogens with zero attached hydrogens (tertiary/aromatic N) is 2. The summed E-state index contributed by atoms with van der Waals surface area (Å²) in [5, 5.41) is 12.9. The van der Waals surface area contributed by atoms with Crippen LogP contribution in [0.15, 0.2) is 22.7 Å². The van der Waals surface area contributed by atoms with Crippen LogP contribution in [-0.4, -0.2) is 21.2 Å². The third-order valence-corrected chi connectivity index (χ3v) is 2.70. The maximum atomic E-state index is 11.1. The summed E-state index contributed by atoms with van der Waals surface area (Å²) in [6.07, 6.45) is 0. The number of aromatic nitrogens is 2. The van der Waals surface area contributed by atoms with Crippen molar-refractivity contribution in [1.82, 2.24) is 10.1 Å². The summed E-state index contributed by atoms with van der Waals surface area (Å²) >= 11 is 0. The van der Waals surface area contributed by atoms with Gasteiger partial charge in [0.2, 0.25) is 11.7 Å². The molecule has 1 N–H and O–H groups in total. The molecule has 0 saturated heterocycles. The van der Waals surface area contributed by atoms with Crippen molar-refractivity contribution in [2.75, 3.05) is 0 Å². The SMILES string of the molecule is Cc1ccc(C(=O)O)c(OCc2noc(C(C)C)n2)c1. The van der Waals surface area contributed by atoms with Crippen LogP contribution >= 0.6 is 0 Å². The van der Waals surface area contributed by atoms with E-state index in [4.69, 9.17) is 14.4 Å². The lowest BCUT2D eigenvalue weighted by atomic mass is 10.1. The molecule has 0 bridgehead atoms. The molecule has 0 aliphatic rings. The minimum Gasteiger partial charge on any atom is -0.485 e. The van der Waals surface area contributed by atoms with Gasteiger partial charge in [0.1, 0.15) is 11.3 Å². The molecule has 0 saturated carbocycles. The lowest BCUT2D eigenvalue weighted by Gasteiger charge is -2.08. The van der Waals surface area contributed by atoms with Gasteiger partial charge in [-0.2, -0.15) is 4.98 Å². The Bertz CT molecular complexity index is 619. The molecular weight excluding hydrogens is 260 g/mol. The first-order chi connectivity index (χ1) is 9.47. The van der Waals surface area contributed by atoms with Gasteiger partial charge in [0.15, 0.2) is 6.61 Å². The molecule has 2 aromatic rings. The van der Waals surface area contributed by atoms with Gasteiger partial charge >= 0.3 is 5.97 Å². The minimum absolute atomic E-state index is 0.0694. The van der Waals surface area contributed by atoms with E-state index in [9.17, 15) is 4.79 Å². The number of rotatable bonds is 5. The molecule has 1 aromatic carbocycles. The monoisotopic (exact) mass is 276 g/mol. The zero-order valence-corrected chi connectivity index (χ0v) is 11.6. The summed E-state index contributed by atoms with van der Waals surface area (Å²) in [5.74, 6) is 0.340. The van der Waals surface area contributed by atoms with E-state index in [-0.39, 0.29) is 18.1 Å². The topological polar surface area (TPSA) is 85.5 Å². The van der Waals surface area contributed by atoms with Gasteiger partial charge in [-0.15, -0.1) is 0 Å². The number of carboxylic acid groups (broad SMARTS) is 1. The molecule has 0 atom stereocenters. The summed E-state index contributed by atoms with van der Waals surface area (Å²) < 4.78 is 10.6. The molecule has 0 spiro atoms. The van der Waals surface area contributed by atoms with E-state index < -0.39 is 5.97 Å². The normalized spacial score (nSPS) is 10.8. The van der Waals surface area contributed by atoms with Gasteiger partial charge < -0.3 is 14.4 Å². The van der Waals surface area contributed by atoms with Gasteiger partial charge in [0, 0.05) is 5.92 Å². The molecule has 20 heavy (non-hydrogen) atoms. The van der Waals surface area contributed by atoms with Crippen LogP contribution in [0.4, 0.5) is 0 Å². The summed E-state index contributed by atoms with van der Waals surface area (Å²) in [7, 11) is 0. The number of carboxylic acids is 1. The molecule has 0 unspecified atom stereocenters. The molecule has 0 amide bonds. The summed E-state index contributed by atoms with van der Waals surface area (Å²) in [6, 6.07) is 4.91. The Morgan fingerprint density at radius 2 is 2.20 bits per heavy atom. The fraction of sp³-hybridized carbons (Fsp3) is 0.357. The van der Waals surface area contributed by atoms with Crippen LogP contribution in [0.1, 0.15) is 47.4 Å². The molecule has 6 nitrogen and oxygen atoms in total. The average molecular weight is 276 g/mol. The van der Waals surface area contributed by atoms with Crippen LogP contribution in [0.5, 0.6) is 5.75 Å². The van der Waals surface area contributed by atoms with Crippen molar-refractivity contribution in [2.24, 2.45) is 0 Å². The van der Waals surface area contributed by atoms with Crippen LogP contribution in [0.25, 0.3) is 0 Å². The molecule has 1 aromatic heterocycles. The van der Waals surface area contributed by atoms with Crippen LogP contribution < -0.4 is 4.74 Å². The van der Waals surface area contributed by atoms with Crippen LogP contribution in [0.2, 0.25) is 0 Å². The number of aryl methyl sites for hydroxylation is 1. The Morgan fingerprint density at radius 3 is 2.80 bits per heavy atom. The maximum absolute atomic E-state index is 11.1. The number of hydrogen-bond acceptors (Lipinski definition) is 5. The third-order valence-electron chi connectivity index (χ3n) is 2.70. The Morgan fingerprint density at radius 1 is 1.45 bits per heavy atom. The Balaban J connectivity index is 2.13. The van der Waals surface area contributed by atoms with E-state index in [2.05, 4.69) is 10.1 Å². The fourth-order valence-corrected chi connectivity index (χ4v) is 1.63. The predicted molar refractivity (Wildman–Crippen MR) is 70.9 cm³/mol. The number of carbonyl (C=O) groups is 1. The second-order valence-corrected chi connectivity index (χ2v) is 4.80. The first kappa shape index (κ1) is 14.0. The largest absolute Gasteiger partial charge is 0.485 e. The zero-order chi connectivity index (χ0) is 14.7. The first-order valence-corrected chi connectivity index (χ1v) is 6.26. The highest BCUT2D eigenvalue weighted by Gasteiger charge is 2.14. The second-order valence-electron chi connectivity index (χ2n) is 4.80. The van der Waals surface area contributed by atoms with E-state index in [0.717, 1.165) is 5.56 Å². The van der Waals surface area contributed by atoms with E-state index in [0.29, 0.717) is 17.5 Å².